The van der Waals surface area contributed by atoms with Gasteiger partial charge in [-0.05, 0) is 74.8 Å². The molecule has 152 valence electrons. The maximum atomic E-state index is 12.4. The third kappa shape index (κ3) is 5.93. The molecule has 6 heteroatoms. The standard InChI is InChI=1S/C23H28N4O2/c1-17-14-18(2)27(26-17)13-5-12-24-16-19-6-4-7-21(15-19)25-23(28)20-8-10-22(29-3)11-9-20/h4,6-11,14-15,24H,5,12-13,16H2,1-3H3,(H,25,28). The Morgan fingerprint density at radius 3 is 2.59 bits per heavy atom. The van der Waals surface area contributed by atoms with E-state index in [1.165, 1.54) is 5.69 Å². The third-order valence-electron chi connectivity index (χ3n) is 4.69. The minimum absolute atomic E-state index is 0.136. The van der Waals surface area contributed by atoms with Crippen molar-refractivity contribution < 1.29 is 9.53 Å². The van der Waals surface area contributed by atoms with Crippen LogP contribution in [0.4, 0.5) is 5.69 Å². The fraction of sp³-hybridized carbons (Fsp3) is 0.304. The molecule has 0 unspecified atom stereocenters. The van der Waals surface area contributed by atoms with E-state index in [4.69, 9.17) is 4.74 Å². The molecule has 3 aromatic rings. The minimum Gasteiger partial charge on any atom is -0.497 e. The third-order valence-corrected chi connectivity index (χ3v) is 4.69. The number of nitrogens with one attached hydrogen (secondary N) is 2. The van der Waals surface area contributed by atoms with Crippen LogP contribution in [0.15, 0.2) is 54.6 Å². The van der Waals surface area contributed by atoms with E-state index in [0.717, 1.165) is 48.7 Å². The van der Waals surface area contributed by atoms with Gasteiger partial charge in [0.15, 0.2) is 0 Å². The molecule has 29 heavy (non-hydrogen) atoms. The minimum atomic E-state index is -0.136. The number of hydrogen-bond donors (Lipinski definition) is 2. The first-order chi connectivity index (χ1) is 14.0. The molecule has 0 saturated heterocycles. The van der Waals surface area contributed by atoms with Gasteiger partial charge in [-0.25, -0.2) is 0 Å². The van der Waals surface area contributed by atoms with Gasteiger partial charge in [0.25, 0.3) is 5.91 Å². The quantitative estimate of drug-likeness (QED) is 0.541. The van der Waals surface area contributed by atoms with Gasteiger partial charge in [-0.15, -0.1) is 0 Å². The van der Waals surface area contributed by atoms with Gasteiger partial charge in [-0.3, -0.25) is 9.48 Å². The smallest absolute Gasteiger partial charge is 0.255 e. The second-order valence-corrected chi connectivity index (χ2v) is 7.06. The second kappa shape index (κ2) is 9.89. The monoisotopic (exact) mass is 392 g/mol. The van der Waals surface area contributed by atoms with Gasteiger partial charge >= 0.3 is 0 Å². The Labute approximate surface area is 171 Å². The number of nitrogens with zero attached hydrogens (tertiary/aromatic N) is 2. The van der Waals surface area contributed by atoms with E-state index in [-0.39, 0.29) is 5.91 Å². The van der Waals surface area contributed by atoms with Gasteiger partial charge in [-0.2, -0.15) is 5.10 Å². The summed E-state index contributed by atoms with van der Waals surface area (Å²) in [5.41, 5.74) is 4.77. The molecule has 0 spiro atoms. The SMILES string of the molecule is COc1ccc(C(=O)Nc2cccc(CNCCCn3nc(C)cc3C)c2)cc1. The zero-order valence-electron chi connectivity index (χ0n) is 17.2. The first-order valence-electron chi connectivity index (χ1n) is 9.81. The number of amides is 1. The number of benzene rings is 2. The first kappa shape index (κ1) is 20.6. The number of rotatable bonds is 9. The lowest BCUT2D eigenvalue weighted by Gasteiger charge is -2.09. The van der Waals surface area contributed by atoms with Crippen molar-refractivity contribution in [1.82, 2.24) is 15.1 Å². The van der Waals surface area contributed by atoms with Crippen molar-refractivity contribution in [2.24, 2.45) is 0 Å². The maximum Gasteiger partial charge on any atom is 0.255 e. The maximum absolute atomic E-state index is 12.4. The summed E-state index contributed by atoms with van der Waals surface area (Å²) in [6.45, 7) is 6.66. The summed E-state index contributed by atoms with van der Waals surface area (Å²) in [7, 11) is 1.61. The molecule has 1 amide bonds. The molecule has 0 atom stereocenters. The van der Waals surface area contributed by atoms with Crippen LogP contribution in [0, 0.1) is 13.8 Å². The van der Waals surface area contributed by atoms with Crippen molar-refractivity contribution >= 4 is 11.6 Å². The number of carbonyl (C=O) groups excluding carboxylic acids is 1. The molecule has 0 bridgehead atoms. The Hall–Kier alpha value is -3.12. The lowest BCUT2D eigenvalue weighted by molar-refractivity contribution is 0.102. The van der Waals surface area contributed by atoms with Crippen molar-refractivity contribution in [3.8, 4) is 5.75 Å². The summed E-state index contributed by atoms with van der Waals surface area (Å²) in [5.74, 6) is 0.593. The average molecular weight is 393 g/mol. The number of methoxy groups -OCH3 is 1. The van der Waals surface area contributed by atoms with Crippen LogP contribution in [0.1, 0.15) is 33.7 Å². The summed E-state index contributed by atoms with van der Waals surface area (Å²) in [4.78, 5) is 12.4. The molecule has 0 aliphatic heterocycles. The molecule has 0 saturated carbocycles. The molecule has 2 N–H and O–H groups in total. The highest BCUT2D eigenvalue weighted by molar-refractivity contribution is 6.04. The highest BCUT2D eigenvalue weighted by Gasteiger charge is 2.07. The molecule has 0 radical (unpaired) electrons. The molecule has 0 aliphatic rings. The lowest BCUT2D eigenvalue weighted by atomic mass is 10.1. The normalized spacial score (nSPS) is 10.7. The van der Waals surface area contributed by atoms with Gasteiger partial charge in [0, 0.05) is 30.0 Å². The van der Waals surface area contributed by atoms with E-state index in [0.29, 0.717) is 5.56 Å². The van der Waals surface area contributed by atoms with E-state index in [2.05, 4.69) is 34.8 Å². The van der Waals surface area contributed by atoms with Gasteiger partial charge in [0.2, 0.25) is 0 Å². The second-order valence-electron chi connectivity index (χ2n) is 7.06. The fourth-order valence-corrected chi connectivity index (χ4v) is 3.19. The number of ether oxygens (including phenoxy) is 1. The van der Waals surface area contributed by atoms with Crippen LogP contribution in [-0.2, 0) is 13.1 Å². The van der Waals surface area contributed by atoms with Crippen molar-refractivity contribution in [2.45, 2.75) is 33.4 Å². The van der Waals surface area contributed by atoms with E-state index in [1.54, 1.807) is 31.4 Å². The van der Waals surface area contributed by atoms with Crippen LogP contribution in [0.2, 0.25) is 0 Å². The predicted molar refractivity (Wildman–Crippen MR) is 115 cm³/mol. The molecule has 3 rings (SSSR count). The average Bonchev–Trinajstić information content (AvgIpc) is 3.05. The van der Waals surface area contributed by atoms with Crippen LogP contribution in [0.25, 0.3) is 0 Å². The van der Waals surface area contributed by atoms with Gasteiger partial charge in [0.1, 0.15) is 5.75 Å². The fourth-order valence-electron chi connectivity index (χ4n) is 3.19. The zero-order chi connectivity index (χ0) is 20.6. The predicted octanol–water partition coefficient (Wildman–Crippen LogP) is 3.94. The molecular weight excluding hydrogens is 364 g/mol. The van der Waals surface area contributed by atoms with Crippen LogP contribution in [0.5, 0.6) is 5.75 Å². The van der Waals surface area contributed by atoms with E-state index in [9.17, 15) is 4.79 Å². The van der Waals surface area contributed by atoms with Crippen LogP contribution in [-0.4, -0.2) is 29.3 Å². The number of aryl methyl sites for hydroxylation is 3. The topological polar surface area (TPSA) is 68.2 Å². The highest BCUT2D eigenvalue weighted by Crippen LogP contribution is 2.15. The summed E-state index contributed by atoms with van der Waals surface area (Å²) < 4.78 is 7.17. The van der Waals surface area contributed by atoms with E-state index >= 15 is 0 Å². The summed E-state index contributed by atoms with van der Waals surface area (Å²) in [6.07, 6.45) is 1.01. The van der Waals surface area contributed by atoms with Crippen LogP contribution >= 0.6 is 0 Å². The van der Waals surface area contributed by atoms with Crippen molar-refractivity contribution in [3.63, 3.8) is 0 Å². The molecule has 0 aliphatic carbocycles. The van der Waals surface area contributed by atoms with Crippen LogP contribution < -0.4 is 15.4 Å². The summed E-state index contributed by atoms with van der Waals surface area (Å²) in [5, 5.41) is 10.9. The van der Waals surface area contributed by atoms with Crippen molar-refractivity contribution in [3.05, 3.63) is 77.1 Å². The Morgan fingerprint density at radius 1 is 1.10 bits per heavy atom. The summed E-state index contributed by atoms with van der Waals surface area (Å²) >= 11 is 0. The number of aromatic nitrogens is 2. The molecule has 6 nitrogen and oxygen atoms in total. The number of carbonyl (C=O) groups is 1. The van der Waals surface area contributed by atoms with Gasteiger partial charge < -0.3 is 15.4 Å². The molecule has 2 aromatic carbocycles. The molecule has 1 aromatic heterocycles. The Kier molecular flexibility index (Phi) is 7.03. The molecule has 0 fully saturated rings. The lowest BCUT2D eigenvalue weighted by Crippen LogP contribution is -2.17. The largest absolute Gasteiger partial charge is 0.497 e. The van der Waals surface area contributed by atoms with Crippen molar-refractivity contribution in [2.75, 3.05) is 19.0 Å². The Morgan fingerprint density at radius 2 is 1.90 bits per heavy atom. The Balaban J connectivity index is 1.46. The number of anilines is 1. The first-order valence-corrected chi connectivity index (χ1v) is 9.81. The highest BCUT2D eigenvalue weighted by atomic mass is 16.5. The molecular formula is C23H28N4O2. The zero-order valence-corrected chi connectivity index (χ0v) is 17.2. The van der Waals surface area contributed by atoms with Gasteiger partial charge in [-0.1, -0.05) is 12.1 Å². The van der Waals surface area contributed by atoms with Crippen LogP contribution in [0.3, 0.4) is 0 Å². The Bertz CT molecular complexity index is 948. The van der Waals surface area contributed by atoms with E-state index in [1.807, 2.05) is 29.8 Å². The molecule has 1 heterocycles. The van der Waals surface area contributed by atoms with Gasteiger partial charge in [0.05, 0.1) is 12.8 Å². The summed E-state index contributed by atoms with van der Waals surface area (Å²) in [6, 6.07) is 17.1. The van der Waals surface area contributed by atoms with E-state index < -0.39 is 0 Å². The number of hydrogen-bond acceptors (Lipinski definition) is 4. The van der Waals surface area contributed by atoms with Crippen molar-refractivity contribution in [1.29, 1.82) is 0 Å².